The quantitative estimate of drug-likeness (QED) is 0.437. The van der Waals surface area contributed by atoms with Gasteiger partial charge in [0.25, 0.3) is 11.5 Å². The highest BCUT2D eigenvalue weighted by atomic mass is 32.2. The zero-order chi connectivity index (χ0) is 24.6. The molecular weight excluding hydrogens is 471 g/mol. The van der Waals surface area contributed by atoms with Crippen LogP contribution in [0.3, 0.4) is 0 Å². The molecule has 8 nitrogen and oxygen atoms in total. The fourth-order valence-corrected chi connectivity index (χ4v) is 5.60. The summed E-state index contributed by atoms with van der Waals surface area (Å²) in [5.41, 5.74) is 0.308. The predicted molar refractivity (Wildman–Crippen MR) is 128 cm³/mol. The van der Waals surface area contributed by atoms with E-state index in [1.54, 1.807) is 48.5 Å². The van der Waals surface area contributed by atoms with Crippen LogP contribution in [0.5, 0.6) is 0 Å². The second kappa shape index (κ2) is 9.05. The first-order valence-electron chi connectivity index (χ1n) is 11.0. The van der Waals surface area contributed by atoms with Crippen molar-refractivity contribution in [1.29, 1.82) is 0 Å². The molecule has 0 spiro atoms. The van der Waals surface area contributed by atoms with Gasteiger partial charge in [0.15, 0.2) is 5.69 Å². The molecule has 1 aliphatic rings. The fourth-order valence-electron chi connectivity index (χ4n) is 4.15. The molecule has 0 radical (unpaired) electrons. The number of aromatic nitrogens is 2. The van der Waals surface area contributed by atoms with Crippen LogP contribution in [0.2, 0.25) is 0 Å². The van der Waals surface area contributed by atoms with Crippen LogP contribution < -0.4 is 5.56 Å². The normalized spacial score (nSPS) is 14.8. The Bertz CT molecular complexity index is 1580. The molecule has 0 N–H and O–H groups in total. The lowest BCUT2D eigenvalue weighted by Crippen LogP contribution is -2.50. The molecule has 178 valence electrons. The summed E-state index contributed by atoms with van der Waals surface area (Å²) in [6.45, 7) is 0.378. The van der Waals surface area contributed by atoms with Crippen LogP contribution in [0, 0.1) is 5.82 Å². The number of amides is 1. The SMILES string of the molecule is O=C(c1nn(-c2ccccc2)c(=O)c2ccccc12)N1CCN(S(=O)(=O)c2cccc(F)c2)CC1. The lowest BCUT2D eigenvalue weighted by molar-refractivity contribution is 0.0692. The largest absolute Gasteiger partial charge is 0.335 e. The first-order chi connectivity index (χ1) is 16.9. The summed E-state index contributed by atoms with van der Waals surface area (Å²) >= 11 is 0. The average molecular weight is 493 g/mol. The Balaban J connectivity index is 1.45. The third-order valence-electron chi connectivity index (χ3n) is 5.97. The van der Waals surface area contributed by atoms with Crippen LogP contribution in [0.4, 0.5) is 4.39 Å². The van der Waals surface area contributed by atoms with Crippen molar-refractivity contribution in [2.24, 2.45) is 0 Å². The van der Waals surface area contributed by atoms with Gasteiger partial charge in [-0.15, -0.1) is 0 Å². The maximum Gasteiger partial charge on any atom is 0.279 e. The van der Waals surface area contributed by atoms with Crippen LogP contribution in [-0.2, 0) is 10.0 Å². The van der Waals surface area contributed by atoms with Crippen molar-refractivity contribution in [3.63, 3.8) is 0 Å². The summed E-state index contributed by atoms with van der Waals surface area (Å²) in [5.74, 6) is -1.03. The number of halogens is 1. The summed E-state index contributed by atoms with van der Waals surface area (Å²) < 4.78 is 41.8. The van der Waals surface area contributed by atoms with E-state index in [1.165, 1.54) is 32.1 Å². The van der Waals surface area contributed by atoms with Crippen molar-refractivity contribution in [3.8, 4) is 5.69 Å². The van der Waals surface area contributed by atoms with Gasteiger partial charge in [0.2, 0.25) is 10.0 Å². The van der Waals surface area contributed by atoms with E-state index in [0.717, 1.165) is 6.07 Å². The maximum absolute atomic E-state index is 13.6. The fraction of sp³-hybridized carbons (Fsp3) is 0.160. The first-order valence-corrected chi connectivity index (χ1v) is 12.4. The zero-order valence-electron chi connectivity index (χ0n) is 18.5. The second-order valence-electron chi connectivity index (χ2n) is 8.10. The number of carbonyl (C=O) groups excluding carboxylic acids is 1. The smallest absolute Gasteiger partial charge is 0.279 e. The van der Waals surface area contributed by atoms with Gasteiger partial charge in [-0.2, -0.15) is 14.1 Å². The molecule has 0 aliphatic carbocycles. The third kappa shape index (κ3) is 4.22. The van der Waals surface area contributed by atoms with Gasteiger partial charge in [-0.1, -0.05) is 42.5 Å². The Labute approximate surface area is 200 Å². The highest BCUT2D eigenvalue weighted by Crippen LogP contribution is 2.21. The summed E-state index contributed by atoms with van der Waals surface area (Å²) in [6, 6.07) is 20.5. The highest BCUT2D eigenvalue weighted by molar-refractivity contribution is 7.89. The molecule has 0 unspecified atom stereocenters. The van der Waals surface area contributed by atoms with E-state index >= 15 is 0 Å². The van der Waals surface area contributed by atoms with Crippen LogP contribution in [-0.4, -0.2) is 59.5 Å². The van der Waals surface area contributed by atoms with Gasteiger partial charge >= 0.3 is 0 Å². The molecule has 0 atom stereocenters. The van der Waals surface area contributed by atoms with Crippen LogP contribution in [0.25, 0.3) is 16.5 Å². The van der Waals surface area contributed by atoms with Crippen LogP contribution >= 0.6 is 0 Å². The third-order valence-corrected chi connectivity index (χ3v) is 7.86. The first kappa shape index (κ1) is 22.9. The van der Waals surface area contributed by atoms with E-state index in [0.29, 0.717) is 16.5 Å². The number of piperazine rings is 1. The lowest BCUT2D eigenvalue weighted by atomic mass is 10.1. The number of sulfonamides is 1. The van der Waals surface area contributed by atoms with Crippen molar-refractivity contribution in [3.05, 3.63) is 101 Å². The summed E-state index contributed by atoms with van der Waals surface area (Å²) in [5, 5.41) is 5.21. The second-order valence-corrected chi connectivity index (χ2v) is 10.0. The Kier molecular flexibility index (Phi) is 5.91. The average Bonchev–Trinajstić information content (AvgIpc) is 2.89. The molecule has 1 aliphatic heterocycles. The highest BCUT2D eigenvalue weighted by Gasteiger charge is 2.32. The topological polar surface area (TPSA) is 92.6 Å². The number of fused-ring (bicyclic) bond motifs is 1. The van der Waals surface area contributed by atoms with Crippen LogP contribution in [0.1, 0.15) is 10.5 Å². The minimum atomic E-state index is -3.89. The number of benzene rings is 3. The molecule has 2 heterocycles. The summed E-state index contributed by atoms with van der Waals surface area (Å²) in [6.07, 6.45) is 0. The number of hydrogen-bond donors (Lipinski definition) is 0. The lowest BCUT2D eigenvalue weighted by Gasteiger charge is -2.34. The molecule has 0 saturated carbocycles. The number of carbonyl (C=O) groups is 1. The molecule has 10 heteroatoms. The molecule has 4 aromatic rings. The van der Waals surface area contributed by atoms with Gasteiger partial charge in [-0.05, 0) is 36.4 Å². The van der Waals surface area contributed by atoms with Crippen molar-refractivity contribution in [1.82, 2.24) is 19.0 Å². The molecule has 35 heavy (non-hydrogen) atoms. The summed E-state index contributed by atoms with van der Waals surface area (Å²) in [4.78, 5) is 28.0. The number of hydrogen-bond acceptors (Lipinski definition) is 5. The van der Waals surface area contributed by atoms with E-state index in [1.807, 2.05) is 6.07 Å². The van der Waals surface area contributed by atoms with Gasteiger partial charge in [-0.25, -0.2) is 12.8 Å². The van der Waals surface area contributed by atoms with Gasteiger partial charge in [-0.3, -0.25) is 9.59 Å². The molecule has 1 fully saturated rings. The zero-order valence-corrected chi connectivity index (χ0v) is 19.4. The van der Waals surface area contributed by atoms with E-state index in [-0.39, 0.29) is 42.3 Å². The van der Waals surface area contributed by atoms with Crippen molar-refractivity contribution < 1.29 is 17.6 Å². The number of para-hydroxylation sites is 1. The number of nitrogens with zero attached hydrogens (tertiary/aromatic N) is 4. The Morgan fingerprint density at radius 1 is 0.829 bits per heavy atom. The molecule has 0 bridgehead atoms. The van der Waals surface area contributed by atoms with Crippen molar-refractivity contribution in [2.75, 3.05) is 26.2 Å². The molecule has 1 aromatic heterocycles. The van der Waals surface area contributed by atoms with Crippen LogP contribution in [0.15, 0.2) is 88.6 Å². The van der Waals surface area contributed by atoms with Gasteiger partial charge in [0.1, 0.15) is 5.82 Å². The number of rotatable bonds is 4. The van der Waals surface area contributed by atoms with Crippen molar-refractivity contribution in [2.45, 2.75) is 4.90 Å². The molecular formula is C25H21FN4O4S. The monoisotopic (exact) mass is 492 g/mol. The molecule has 3 aromatic carbocycles. The van der Waals surface area contributed by atoms with E-state index in [2.05, 4.69) is 5.10 Å². The predicted octanol–water partition coefficient (Wildman–Crippen LogP) is 2.67. The van der Waals surface area contributed by atoms with Gasteiger partial charge in [0.05, 0.1) is 16.0 Å². The Hall–Kier alpha value is -3.89. The van der Waals surface area contributed by atoms with Crippen molar-refractivity contribution >= 4 is 26.7 Å². The van der Waals surface area contributed by atoms with E-state index < -0.39 is 21.7 Å². The van der Waals surface area contributed by atoms with E-state index in [9.17, 15) is 22.4 Å². The Morgan fingerprint density at radius 2 is 1.49 bits per heavy atom. The minimum Gasteiger partial charge on any atom is -0.335 e. The van der Waals surface area contributed by atoms with Gasteiger partial charge < -0.3 is 4.90 Å². The molecule has 1 amide bonds. The molecule has 5 rings (SSSR count). The molecule has 1 saturated heterocycles. The Morgan fingerprint density at radius 3 is 2.17 bits per heavy atom. The van der Waals surface area contributed by atoms with E-state index in [4.69, 9.17) is 0 Å². The standard InChI is InChI=1S/C25H21FN4O4S/c26-18-7-6-10-20(17-18)35(33,34)29-15-13-28(14-16-29)25(32)23-21-11-4-5-12-22(21)24(31)30(27-23)19-8-2-1-3-9-19/h1-12,17H,13-16H2. The van der Waals surface area contributed by atoms with Gasteiger partial charge in [0, 0.05) is 31.6 Å². The summed E-state index contributed by atoms with van der Waals surface area (Å²) in [7, 11) is -3.89. The minimum absolute atomic E-state index is 0.0564. The maximum atomic E-state index is 13.6.